The van der Waals surface area contributed by atoms with Crippen molar-refractivity contribution in [1.29, 1.82) is 0 Å². The number of nitrogens with zero attached hydrogens (tertiary/aromatic N) is 12. The van der Waals surface area contributed by atoms with E-state index in [-0.39, 0.29) is 266 Å². The largest absolute Gasteiger partial charge is 0.507 e. The van der Waals surface area contributed by atoms with Crippen LogP contribution in [0.15, 0.2) is 171 Å². The number of ketones is 3. The van der Waals surface area contributed by atoms with E-state index >= 15 is 0 Å². The van der Waals surface area contributed by atoms with E-state index in [1.54, 1.807) is 40.8 Å². The van der Waals surface area contributed by atoms with Crippen LogP contribution in [0.1, 0.15) is 141 Å². The molecule has 5 N–H and O–H groups in total. The van der Waals surface area contributed by atoms with E-state index in [0.29, 0.717) is 80.6 Å². The zero-order valence-corrected chi connectivity index (χ0v) is 81.1. The SMILES string of the molecule is CC(=O)[C@@]12CC1[C@@H](n1cnc3c(/C=C(\C)c4ccccc4)nc(C#Cc4ccccc4)nc31)C1OC(C)(C)O[C@H]12.CC(=O)[C@@]12CC1[C@@H](n1cnc3c(/C=C(\O)c4ccccc4)nc(C#Cc4ccccc4)nc31)[C@H](O)C2O.CC(=O)[C@@]12CC1[C@@H](n1cnc3c(C)nc(C#Cc4ccccc4)nc31)[C@H](O)C2O.[CH3-].[CH3-].[CH3-].[CH3-].[CH3-].[Y].[Y].[Y].[Y].[Y]. The fourth-order valence-electron chi connectivity index (χ4n) is 16.9. The molecule has 1 saturated heterocycles. The number of rotatable bonds is 10. The zero-order valence-electron chi connectivity index (χ0n) is 66.9. The summed E-state index contributed by atoms with van der Waals surface area (Å²) >= 11 is 0. The molecule has 7 fully saturated rings. The van der Waals surface area contributed by atoms with Crippen molar-refractivity contribution in [3.8, 4) is 35.5 Å². The van der Waals surface area contributed by atoms with Gasteiger partial charge in [-0.05, 0) is 157 Å². The predicted octanol–water partition coefficient (Wildman–Crippen LogP) is 12.3. The van der Waals surface area contributed by atoms with Crippen molar-refractivity contribution in [1.82, 2.24) is 58.6 Å². The smallest absolute Gasteiger partial charge is 0.207 e. The number of aromatic nitrogens is 12. The van der Waals surface area contributed by atoms with Crippen LogP contribution in [0, 0.1) is 114 Å². The van der Waals surface area contributed by atoms with Crippen LogP contribution in [-0.2, 0) is 187 Å². The van der Waals surface area contributed by atoms with Gasteiger partial charge in [0.05, 0.1) is 82.6 Å². The number of aryl methyl sites for hydroxylation is 1. The van der Waals surface area contributed by atoms with Gasteiger partial charge in [0.1, 0.15) is 64.1 Å². The normalized spacial score (nSPS) is 25.6. The number of aliphatic hydroxyl groups excluding tert-OH is 5. The average molecular weight is 1930 g/mol. The quantitative estimate of drug-likeness (QED) is 0.0483. The van der Waals surface area contributed by atoms with Gasteiger partial charge in [-0.2, -0.15) is 0 Å². The molecule has 6 aliphatic carbocycles. The van der Waals surface area contributed by atoms with E-state index in [9.17, 15) is 39.9 Å². The third kappa shape index (κ3) is 18.2. The molecule has 11 aromatic rings. The molecular formula is C89H89N12O10Y5-5. The number of aliphatic hydroxyl groups is 5. The van der Waals surface area contributed by atoms with Crippen molar-refractivity contribution in [3.63, 3.8) is 0 Å². The molecule has 6 unspecified atom stereocenters. The second kappa shape index (κ2) is 39.7. The third-order valence-electron chi connectivity index (χ3n) is 22.4. The molecule has 5 aromatic carbocycles. The van der Waals surface area contributed by atoms with Crippen molar-refractivity contribution in [3.05, 3.63) is 270 Å². The van der Waals surface area contributed by atoms with E-state index in [1.807, 2.05) is 161 Å². The van der Waals surface area contributed by atoms with Gasteiger partial charge in [-0.25, -0.2) is 44.9 Å². The Hall–Kier alpha value is -6.00. The zero-order chi connectivity index (χ0) is 73.7. The molecule has 1 aliphatic heterocycles. The number of imidazole rings is 3. The maximum absolute atomic E-state index is 12.9. The summed E-state index contributed by atoms with van der Waals surface area (Å²) in [5, 5.41) is 53.6. The van der Waals surface area contributed by atoms with E-state index in [1.165, 1.54) is 19.9 Å². The van der Waals surface area contributed by atoms with E-state index in [0.717, 1.165) is 34.2 Å². The van der Waals surface area contributed by atoms with Gasteiger partial charge in [-0.1, -0.05) is 133 Å². The molecule has 7 aliphatic rings. The minimum atomic E-state index is -1.15. The van der Waals surface area contributed by atoms with Crippen molar-refractivity contribution >= 4 is 74.3 Å². The minimum absolute atomic E-state index is 0. The fourth-order valence-corrected chi connectivity index (χ4v) is 16.9. The third-order valence-corrected chi connectivity index (χ3v) is 22.4. The fraction of sp³-hybridized carbons (Fsp3) is 0.292. The van der Waals surface area contributed by atoms with Gasteiger partial charge < -0.3 is 85.8 Å². The molecule has 22 nitrogen and oxygen atoms in total. The molecule has 18 rings (SSSR count). The van der Waals surface area contributed by atoms with Crippen LogP contribution < -0.4 is 0 Å². The molecule has 7 heterocycles. The summed E-state index contributed by atoms with van der Waals surface area (Å²) < 4.78 is 18.3. The Kier molecular flexibility index (Phi) is 33.8. The maximum Gasteiger partial charge on any atom is 0.207 e. The first kappa shape index (κ1) is 98.8. The summed E-state index contributed by atoms with van der Waals surface area (Å²) in [6.45, 7) is 12.3. The molecule has 0 spiro atoms. The second-order valence-corrected chi connectivity index (χ2v) is 29.0. The van der Waals surface area contributed by atoms with Gasteiger partial charge in [0, 0.05) is 192 Å². The number of benzene rings is 5. The van der Waals surface area contributed by atoms with Gasteiger partial charge in [-0.15, -0.1) is 0 Å². The summed E-state index contributed by atoms with van der Waals surface area (Å²) in [5.41, 5.74) is 8.15. The molecule has 15 atom stereocenters. The van der Waals surface area contributed by atoms with Crippen LogP contribution in [0.2, 0.25) is 0 Å². The molecule has 5 radical (unpaired) electrons. The number of fused-ring (bicyclic) bond motifs is 8. The first-order valence-corrected chi connectivity index (χ1v) is 35.3. The van der Waals surface area contributed by atoms with Gasteiger partial charge in [0.2, 0.25) is 17.5 Å². The van der Waals surface area contributed by atoms with E-state index in [4.69, 9.17) is 24.4 Å². The molecule has 0 bridgehead atoms. The summed E-state index contributed by atoms with van der Waals surface area (Å²) in [7, 11) is 0. The number of allylic oxidation sites excluding steroid dienone is 1. The van der Waals surface area contributed by atoms with Crippen molar-refractivity contribution in [2.24, 2.45) is 34.0 Å². The predicted molar refractivity (Wildman–Crippen MR) is 426 cm³/mol. The van der Waals surface area contributed by atoms with Crippen LogP contribution in [0.4, 0.5) is 0 Å². The van der Waals surface area contributed by atoms with Crippen LogP contribution in [0.25, 0.3) is 57.0 Å². The Morgan fingerprint density at radius 2 is 0.767 bits per heavy atom. The van der Waals surface area contributed by atoms with Gasteiger partial charge >= 0.3 is 0 Å². The monoisotopic (exact) mass is 1930 g/mol. The van der Waals surface area contributed by atoms with Crippen molar-refractivity contribution in [2.75, 3.05) is 0 Å². The number of ether oxygens (including phenoxy) is 2. The molecule has 0 amide bonds. The standard InChI is InChI=1S/C33H30N4O3.C29H24N4O4.C22H20N4O3.5CH3.5Y/c1-20(23-13-9-6-10-14-23)17-25-27-31(36-26(35-25)16-15-22-11-7-5-8-12-22)37(19-34-27)28-24-18-33(24,21(2)38)30-29(28)39-32(3,4)40-30;1-17(34)29-15-20(29)25(26(36)27(29)37)33-16-30-24-21(14-22(35)19-10-6-3-7-11-19)31-23(32-28(24)33)13-12-18-8-4-2-5-9-18;1-12-17-21(25-16(24-12)9-8-14-6-4-3-5-7-14)26(11-23-17)18-15-10-22(15,13(2)27)20(29)19(18)28;;;;;;;;;;/h5-14,17,19,24,28-30H,18H2,1-4H3;2-11,14,16,20,25-27,35-37H,15H2,1H3;3-7,11,15,18-20,28-29H,10H2,1-2H3;5*1H3;;;;;/q;;;5*-1;;;;;/b20-17+;22-14-;;;;;;;;;;;/t24?,28-,29?,30-,33+;20?,25-,26+,27?,29+;15?,18-,19+,20?,22+;;;;;;;;;;/m111........../s1. The maximum atomic E-state index is 12.9. The Balaban J connectivity index is 0.000000262. The summed E-state index contributed by atoms with van der Waals surface area (Å²) in [6, 6.07) is 46.9. The number of carbonyl (C=O) groups is 3. The minimum Gasteiger partial charge on any atom is -0.507 e. The number of Topliss-reactive ketones (excluding diaryl/α,β-unsaturated/α-hetero) is 3. The summed E-state index contributed by atoms with van der Waals surface area (Å²) in [4.78, 5) is 79.1. The molecule has 27 heteroatoms. The van der Waals surface area contributed by atoms with Gasteiger partial charge in [-0.3, -0.25) is 14.4 Å². The van der Waals surface area contributed by atoms with Crippen molar-refractivity contribution < 1.29 is 213 Å². The topological polar surface area (TPSA) is 302 Å². The molecule has 585 valence electrons. The summed E-state index contributed by atoms with van der Waals surface area (Å²) in [5.74, 6) is 18.4. The average Bonchev–Trinajstić information content (AvgIpc) is 1.80. The van der Waals surface area contributed by atoms with Crippen LogP contribution >= 0.6 is 0 Å². The number of hydrogen-bond acceptors (Lipinski definition) is 19. The van der Waals surface area contributed by atoms with Crippen LogP contribution in [0.5, 0.6) is 0 Å². The second-order valence-electron chi connectivity index (χ2n) is 29.0. The molecular weight excluding hydrogens is 1840 g/mol. The van der Waals surface area contributed by atoms with Crippen molar-refractivity contribution in [2.45, 2.75) is 128 Å². The number of hydrogen-bond donors (Lipinski definition) is 5. The van der Waals surface area contributed by atoms with Crippen LogP contribution in [-0.4, -0.2) is 144 Å². The molecule has 6 aromatic heterocycles. The molecule has 116 heavy (non-hydrogen) atoms. The Bertz CT molecular complexity index is 5650. The Morgan fingerprint density at radius 3 is 1.16 bits per heavy atom. The van der Waals surface area contributed by atoms with Gasteiger partial charge in [0.25, 0.3) is 0 Å². The van der Waals surface area contributed by atoms with Gasteiger partial charge in [0.15, 0.2) is 22.7 Å². The Labute approximate surface area is 803 Å². The van der Waals surface area contributed by atoms with E-state index in [2.05, 4.69) is 89.1 Å². The van der Waals surface area contributed by atoms with E-state index < -0.39 is 58.5 Å². The Morgan fingerprint density at radius 1 is 0.431 bits per heavy atom. The van der Waals surface area contributed by atoms with Crippen LogP contribution in [0.3, 0.4) is 0 Å². The molecule has 6 saturated carbocycles. The first-order chi connectivity index (χ1) is 51.1. The first-order valence-electron chi connectivity index (χ1n) is 35.3. The summed E-state index contributed by atoms with van der Waals surface area (Å²) in [6.07, 6.45) is 5.37. The number of carbonyl (C=O) groups excluding carboxylic acids is 3.